The van der Waals surface area contributed by atoms with E-state index in [0.717, 1.165) is 54.4 Å². The summed E-state index contributed by atoms with van der Waals surface area (Å²) in [6.45, 7) is 9.45. The van der Waals surface area contributed by atoms with Crippen LogP contribution in [0, 0.1) is 0 Å². The molecule has 0 atom stereocenters. The average Bonchev–Trinajstić information content (AvgIpc) is 3.59. The smallest absolute Gasteiger partial charge is 0.328 e. The van der Waals surface area contributed by atoms with Crippen LogP contribution in [0.4, 0.5) is 14.5 Å². The van der Waals surface area contributed by atoms with Gasteiger partial charge in [-0.15, -0.1) is 0 Å². The standard InChI is InChI=1S/C29H34F2N8O/c1-29(2,3)27-34-21-13-19(17-15-33-35(4)16-17)20(26(30)31)14-22(21)39(27)18-11-23-25(37(6)28(40)36(23)5)24(12-18)38-9-7-32-8-10-38/h11-16,26,32H,7-10H2,1-6H3. The van der Waals surface area contributed by atoms with Crippen LogP contribution in [0.2, 0.25) is 0 Å². The van der Waals surface area contributed by atoms with Crippen LogP contribution in [0.5, 0.6) is 0 Å². The minimum absolute atomic E-state index is 0.0716. The first kappa shape index (κ1) is 26.2. The predicted molar refractivity (Wildman–Crippen MR) is 154 cm³/mol. The first-order valence-corrected chi connectivity index (χ1v) is 13.4. The third-order valence-corrected chi connectivity index (χ3v) is 7.79. The summed E-state index contributed by atoms with van der Waals surface area (Å²) in [5.74, 6) is 0.748. The fraction of sp³-hybridized carbons (Fsp3) is 0.414. The lowest BCUT2D eigenvalue weighted by Gasteiger charge is -2.31. The van der Waals surface area contributed by atoms with E-state index in [4.69, 9.17) is 4.98 Å². The number of benzene rings is 2. The number of fused-ring (bicyclic) bond motifs is 2. The van der Waals surface area contributed by atoms with Crippen molar-refractivity contribution in [2.24, 2.45) is 21.1 Å². The molecule has 6 rings (SSSR count). The van der Waals surface area contributed by atoms with Crippen molar-refractivity contribution in [2.75, 3.05) is 31.1 Å². The molecule has 40 heavy (non-hydrogen) atoms. The van der Waals surface area contributed by atoms with Crippen molar-refractivity contribution in [1.82, 2.24) is 33.8 Å². The minimum Gasteiger partial charge on any atom is -0.367 e. The highest BCUT2D eigenvalue weighted by atomic mass is 19.3. The van der Waals surface area contributed by atoms with E-state index < -0.39 is 11.8 Å². The van der Waals surface area contributed by atoms with Crippen LogP contribution in [0.25, 0.3) is 38.9 Å². The molecule has 3 aromatic heterocycles. The number of rotatable bonds is 4. The molecule has 1 N–H and O–H groups in total. The van der Waals surface area contributed by atoms with E-state index in [1.54, 1.807) is 59.5 Å². The molecule has 0 bridgehead atoms. The summed E-state index contributed by atoms with van der Waals surface area (Å²) >= 11 is 0. The quantitative estimate of drug-likeness (QED) is 0.363. The second kappa shape index (κ2) is 9.29. The normalized spacial score (nSPS) is 14.8. The topological polar surface area (TPSA) is 77.8 Å². The number of alkyl halides is 2. The summed E-state index contributed by atoms with van der Waals surface area (Å²) in [6.07, 6.45) is 0.645. The molecule has 1 aliphatic heterocycles. The lowest BCUT2D eigenvalue weighted by Crippen LogP contribution is -2.43. The molecule has 11 heteroatoms. The van der Waals surface area contributed by atoms with Crippen LogP contribution < -0.4 is 15.9 Å². The van der Waals surface area contributed by atoms with Gasteiger partial charge in [-0.05, 0) is 29.8 Å². The van der Waals surface area contributed by atoms with Crippen LogP contribution in [0.15, 0.2) is 41.5 Å². The molecule has 0 aliphatic carbocycles. The van der Waals surface area contributed by atoms with Gasteiger partial charge in [0.05, 0.1) is 39.6 Å². The van der Waals surface area contributed by atoms with Gasteiger partial charge < -0.3 is 10.2 Å². The molecular formula is C29H34F2N8O. The Kier molecular flexibility index (Phi) is 6.10. The number of nitrogens with zero attached hydrogens (tertiary/aromatic N) is 7. The third kappa shape index (κ3) is 4.11. The van der Waals surface area contributed by atoms with Gasteiger partial charge in [0.15, 0.2) is 0 Å². The second-order valence-electron chi connectivity index (χ2n) is 11.6. The minimum atomic E-state index is -2.69. The lowest BCUT2D eigenvalue weighted by molar-refractivity contribution is 0.152. The van der Waals surface area contributed by atoms with Crippen molar-refractivity contribution in [3.63, 3.8) is 0 Å². The van der Waals surface area contributed by atoms with Crippen molar-refractivity contribution in [1.29, 1.82) is 0 Å². The van der Waals surface area contributed by atoms with E-state index in [2.05, 4.69) is 42.2 Å². The van der Waals surface area contributed by atoms with Gasteiger partial charge in [-0.25, -0.2) is 18.6 Å². The van der Waals surface area contributed by atoms with Crippen LogP contribution in [0.1, 0.15) is 38.6 Å². The molecular weight excluding hydrogens is 514 g/mol. The zero-order chi connectivity index (χ0) is 28.5. The highest BCUT2D eigenvalue weighted by Gasteiger charge is 2.28. The molecule has 1 fully saturated rings. The van der Waals surface area contributed by atoms with Gasteiger partial charge in [0.2, 0.25) is 0 Å². The van der Waals surface area contributed by atoms with Crippen LogP contribution in [-0.4, -0.2) is 54.6 Å². The number of hydrogen-bond donors (Lipinski definition) is 1. The van der Waals surface area contributed by atoms with Crippen LogP contribution in [-0.2, 0) is 26.6 Å². The molecule has 2 aromatic carbocycles. The van der Waals surface area contributed by atoms with Crippen molar-refractivity contribution < 1.29 is 8.78 Å². The Labute approximate surface area is 230 Å². The van der Waals surface area contributed by atoms with E-state index in [1.165, 1.54) is 0 Å². The number of halogens is 2. The number of piperazine rings is 1. The second-order valence-corrected chi connectivity index (χ2v) is 11.6. The van der Waals surface area contributed by atoms with E-state index in [0.29, 0.717) is 22.2 Å². The Hall–Kier alpha value is -3.99. The maximum Gasteiger partial charge on any atom is 0.328 e. The Morgan fingerprint density at radius 1 is 0.975 bits per heavy atom. The van der Waals surface area contributed by atoms with Gasteiger partial charge in [0.1, 0.15) is 5.82 Å². The number of anilines is 1. The molecule has 0 saturated carbocycles. The Morgan fingerprint density at radius 2 is 1.70 bits per heavy atom. The molecule has 0 spiro atoms. The predicted octanol–water partition coefficient (Wildman–Crippen LogP) is 4.26. The monoisotopic (exact) mass is 548 g/mol. The number of imidazole rings is 2. The summed E-state index contributed by atoms with van der Waals surface area (Å²) in [7, 11) is 5.32. The first-order valence-electron chi connectivity index (χ1n) is 13.4. The van der Waals surface area contributed by atoms with Gasteiger partial charge in [-0.2, -0.15) is 5.10 Å². The molecule has 0 radical (unpaired) electrons. The van der Waals surface area contributed by atoms with Crippen LogP contribution in [0.3, 0.4) is 0 Å². The largest absolute Gasteiger partial charge is 0.367 e. The molecule has 0 amide bonds. The zero-order valence-corrected chi connectivity index (χ0v) is 23.7. The van der Waals surface area contributed by atoms with Gasteiger partial charge in [0, 0.05) is 70.1 Å². The molecule has 5 aromatic rings. The molecule has 1 saturated heterocycles. The van der Waals surface area contributed by atoms with Gasteiger partial charge in [-0.3, -0.25) is 18.4 Å². The fourth-order valence-electron chi connectivity index (χ4n) is 5.78. The van der Waals surface area contributed by atoms with E-state index >= 15 is 0 Å². The van der Waals surface area contributed by atoms with Crippen molar-refractivity contribution >= 4 is 27.8 Å². The van der Waals surface area contributed by atoms with Gasteiger partial charge in [0.25, 0.3) is 6.43 Å². The van der Waals surface area contributed by atoms with Crippen molar-refractivity contribution in [3.05, 3.63) is 58.5 Å². The van der Waals surface area contributed by atoms with Crippen molar-refractivity contribution in [3.8, 4) is 16.8 Å². The zero-order valence-electron chi connectivity index (χ0n) is 23.7. The van der Waals surface area contributed by atoms with Gasteiger partial charge in [-0.1, -0.05) is 20.8 Å². The maximum absolute atomic E-state index is 14.5. The number of aromatic nitrogens is 6. The molecule has 4 heterocycles. The SMILES string of the molecule is Cn1cc(-c2cc3nc(C(C)(C)C)n(-c4cc(N5CCNCC5)c5c(c4)n(C)c(=O)n5C)c3cc2C(F)F)cn1. The summed E-state index contributed by atoms with van der Waals surface area (Å²) in [5, 5.41) is 7.58. The highest BCUT2D eigenvalue weighted by Crippen LogP contribution is 2.39. The highest BCUT2D eigenvalue weighted by molar-refractivity contribution is 5.93. The lowest BCUT2D eigenvalue weighted by atomic mass is 9.95. The van der Waals surface area contributed by atoms with Gasteiger partial charge >= 0.3 is 5.69 Å². The molecule has 0 unspecified atom stereocenters. The first-order chi connectivity index (χ1) is 19.0. The molecule has 9 nitrogen and oxygen atoms in total. The number of nitrogens with one attached hydrogen (secondary N) is 1. The third-order valence-electron chi connectivity index (χ3n) is 7.79. The molecule has 210 valence electrons. The Bertz CT molecular complexity index is 1810. The number of aryl methyl sites for hydroxylation is 3. The average molecular weight is 549 g/mol. The van der Waals surface area contributed by atoms with E-state index in [1.807, 2.05) is 10.6 Å². The fourth-order valence-corrected chi connectivity index (χ4v) is 5.78. The van der Waals surface area contributed by atoms with Crippen molar-refractivity contribution in [2.45, 2.75) is 32.6 Å². The summed E-state index contributed by atoms with van der Waals surface area (Å²) in [5.41, 5.74) is 5.03. The Morgan fingerprint density at radius 3 is 2.33 bits per heavy atom. The molecule has 1 aliphatic rings. The number of hydrogen-bond acceptors (Lipinski definition) is 5. The van der Waals surface area contributed by atoms with E-state index in [9.17, 15) is 13.6 Å². The van der Waals surface area contributed by atoms with E-state index in [-0.39, 0.29) is 11.3 Å². The summed E-state index contributed by atoms with van der Waals surface area (Å²) < 4.78 is 36.0. The summed E-state index contributed by atoms with van der Waals surface area (Å²) in [4.78, 5) is 20.3. The Balaban J connectivity index is 1.69. The maximum atomic E-state index is 14.5. The van der Waals surface area contributed by atoms with Crippen LogP contribution >= 0.6 is 0 Å². The summed E-state index contributed by atoms with van der Waals surface area (Å²) in [6, 6.07) is 7.34.